The lowest BCUT2D eigenvalue weighted by Gasteiger charge is -2.32. The Labute approximate surface area is 392 Å². The number of hydrogen-bond donors (Lipinski definition) is 0. The molecule has 67 heavy (non-hydrogen) atoms. The van der Waals surface area contributed by atoms with Crippen LogP contribution in [0.5, 0.6) is 0 Å². The predicted molar refractivity (Wildman–Crippen MR) is 283 cm³/mol. The normalized spacial score (nSPS) is 13.9. The quantitative estimate of drug-likeness (QED) is 0.158. The van der Waals surface area contributed by atoms with Crippen molar-refractivity contribution >= 4 is 66.7 Å². The van der Waals surface area contributed by atoms with Crippen LogP contribution in [0, 0.1) is 0 Å². The van der Waals surface area contributed by atoms with Crippen molar-refractivity contribution in [2.75, 3.05) is 9.80 Å². The van der Waals surface area contributed by atoms with E-state index < -0.39 is 0 Å². The Balaban J connectivity index is 1.16. The van der Waals surface area contributed by atoms with Gasteiger partial charge in [0, 0.05) is 50.0 Å². The van der Waals surface area contributed by atoms with Crippen LogP contribution in [0.25, 0.3) is 60.5 Å². The summed E-state index contributed by atoms with van der Waals surface area (Å²) in [5.74, 6) is 0. The third-order valence-electron chi connectivity index (χ3n) is 14.9. The molecule has 0 saturated heterocycles. The molecule has 0 saturated carbocycles. The van der Waals surface area contributed by atoms with E-state index in [9.17, 15) is 0 Å². The van der Waals surface area contributed by atoms with Crippen LogP contribution in [0.2, 0.25) is 0 Å². The van der Waals surface area contributed by atoms with Gasteiger partial charge < -0.3 is 14.4 Å². The van der Waals surface area contributed by atoms with Gasteiger partial charge in [-0.1, -0.05) is 173 Å². The predicted octanol–water partition coefficient (Wildman–Crippen LogP) is 17.5. The highest BCUT2D eigenvalue weighted by Crippen LogP contribution is 2.55. The van der Waals surface area contributed by atoms with Crippen LogP contribution >= 0.6 is 0 Å². The molecule has 10 aromatic carbocycles. The number of para-hydroxylation sites is 3. The van der Waals surface area contributed by atoms with Gasteiger partial charge in [0.2, 0.25) is 0 Å². The van der Waals surface area contributed by atoms with Gasteiger partial charge >= 0.3 is 0 Å². The summed E-state index contributed by atoms with van der Waals surface area (Å²) in [6, 6.07) is 83.3. The monoisotopic (exact) mass is 859 g/mol. The third-order valence-corrected chi connectivity index (χ3v) is 14.9. The van der Waals surface area contributed by atoms with Gasteiger partial charge in [0.1, 0.15) is 0 Å². The van der Waals surface area contributed by atoms with Crippen LogP contribution in [-0.4, -0.2) is 4.57 Å². The summed E-state index contributed by atoms with van der Waals surface area (Å²) in [6.45, 7) is 9.53. The molecule has 0 radical (unpaired) electrons. The number of rotatable bonds is 7. The molecule has 0 amide bonds. The molecule has 0 N–H and O–H groups in total. The van der Waals surface area contributed by atoms with Gasteiger partial charge in [-0.3, -0.25) is 0 Å². The Kier molecular flexibility index (Phi) is 8.60. The van der Waals surface area contributed by atoms with Gasteiger partial charge in [0.05, 0.1) is 22.4 Å². The van der Waals surface area contributed by atoms with E-state index in [1.54, 1.807) is 0 Å². The largest absolute Gasteiger partial charge is 0.310 e. The number of hydrogen-bond acceptors (Lipinski definition) is 2. The fourth-order valence-electron chi connectivity index (χ4n) is 11.7. The molecule has 0 fully saturated rings. The minimum absolute atomic E-state index is 0.185. The molecule has 3 heteroatoms. The number of benzene rings is 10. The highest BCUT2D eigenvalue weighted by atomic mass is 15.2. The second kappa shape index (κ2) is 14.7. The van der Waals surface area contributed by atoms with Gasteiger partial charge in [0.25, 0.3) is 0 Å². The maximum Gasteiger partial charge on any atom is 0.0583 e. The summed E-state index contributed by atoms with van der Waals surface area (Å²) in [5.41, 5.74) is 20.3. The maximum absolute atomic E-state index is 2.57. The van der Waals surface area contributed by atoms with Crippen LogP contribution in [0.1, 0.15) is 49.9 Å². The number of nitrogens with zero attached hydrogens (tertiary/aromatic N) is 3. The van der Waals surface area contributed by atoms with Gasteiger partial charge in [-0.25, -0.2) is 0 Å². The fourth-order valence-corrected chi connectivity index (χ4v) is 11.7. The molecule has 2 aliphatic carbocycles. The zero-order valence-corrected chi connectivity index (χ0v) is 38.2. The topological polar surface area (TPSA) is 11.4 Å². The summed E-state index contributed by atoms with van der Waals surface area (Å²) in [6.07, 6.45) is 0. The molecule has 13 rings (SSSR count). The van der Waals surface area contributed by atoms with Crippen LogP contribution in [0.15, 0.2) is 224 Å². The Bertz CT molecular complexity index is 3620. The first-order chi connectivity index (χ1) is 32.8. The minimum atomic E-state index is -0.185. The highest BCUT2D eigenvalue weighted by Gasteiger charge is 2.38. The molecule has 3 nitrogen and oxygen atoms in total. The molecule has 0 atom stereocenters. The third kappa shape index (κ3) is 5.90. The molecule has 1 aromatic heterocycles. The van der Waals surface area contributed by atoms with E-state index in [2.05, 4.69) is 267 Å². The lowest BCUT2D eigenvalue weighted by Crippen LogP contribution is -2.18. The van der Waals surface area contributed by atoms with E-state index in [1.165, 1.54) is 66.1 Å². The van der Waals surface area contributed by atoms with E-state index in [0.29, 0.717) is 0 Å². The van der Waals surface area contributed by atoms with Crippen LogP contribution in [0.4, 0.5) is 34.1 Å². The first kappa shape index (κ1) is 39.2. The lowest BCUT2D eigenvalue weighted by molar-refractivity contribution is 0.660. The van der Waals surface area contributed by atoms with Crippen molar-refractivity contribution in [3.8, 4) is 27.9 Å². The fraction of sp³-hybridized carbons (Fsp3) is 0.0938. The summed E-state index contributed by atoms with van der Waals surface area (Å²) < 4.78 is 2.49. The van der Waals surface area contributed by atoms with E-state index in [1.807, 2.05) is 0 Å². The zero-order valence-electron chi connectivity index (χ0n) is 38.2. The molecule has 1 heterocycles. The van der Waals surface area contributed by atoms with Crippen molar-refractivity contribution in [2.45, 2.75) is 38.5 Å². The van der Waals surface area contributed by atoms with Crippen molar-refractivity contribution in [1.29, 1.82) is 0 Å². The van der Waals surface area contributed by atoms with Crippen molar-refractivity contribution in [3.63, 3.8) is 0 Å². The van der Waals surface area contributed by atoms with Crippen LogP contribution < -0.4 is 9.80 Å². The van der Waals surface area contributed by atoms with E-state index in [-0.39, 0.29) is 10.8 Å². The SMILES string of the molecule is CC1(C)c2ccccc2-c2ccc(N(c3ccc4c(c3)C(C)(C)c3ccccc3-4)c3cc(N(c4ccccc4)c4ccccc4)cc4c3c3ccccc3n4-c3ccc4ccccc4c3)cc21. The summed E-state index contributed by atoms with van der Waals surface area (Å²) in [7, 11) is 0. The molecule has 2 aliphatic rings. The first-order valence-electron chi connectivity index (χ1n) is 23.5. The minimum Gasteiger partial charge on any atom is -0.310 e. The Morgan fingerprint density at radius 2 is 0.836 bits per heavy atom. The number of anilines is 6. The summed E-state index contributed by atoms with van der Waals surface area (Å²) >= 11 is 0. The lowest BCUT2D eigenvalue weighted by atomic mass is 9.82. The average molecular weight is 860 g/mol. The first-order valence-corrected chi connectivity index (χ1v) is 23.5. The second-order valence-electron chi connectivity index (χ2n) is 19.4. The van der Waals surface area contributed by atoms with Crippen LogP contribution in [-0.2, 0) is 10.8 Å². The Morgan fingerprint density at radius 1 is 0.328 bits per heavy atom. The van der Waals surface area contributed by atoms with E-state index in [4.69, 9.17) is 0 Å². The van der Waals surface area contributed by atoms with Crippen molar-refractivity contribution < 1.29 is 0 Å². The molecule has 0 spiro atoms. The molecule has 0 unspecified atom stereocenters. The summed E-state index contributed by atoms with van der Waals surface area (Å²) in [5, 5.41) is 4.83. The van der Waals surface area contributed by atoms with Gasteiger partial charge in [-0.05, 0) is 134 Å². The molecule has 0 bridgehead atoms. The Hall–Kier alpha value is -8.14. The van der Waals surface area contributed by atoms with Crippen LogP contribution in [0.3, 0.4) is 0 Å². The summed E-state index contributed by atoms with van der Waals surface area (Å²) in [4.78, 5) is 4.98. The van der Waals surface area contributed by atoms with Crippen molar-refractivity contribution in [3.05, 3.63) is 247 Å². The van der Waals surface area contributed by atoms with Gasteiger partial charge in [-0.15, -0.1) is 0 Å². The van der Waals surface area contributed by atoms with E-state index >= 15 is 0 Å². The van der Waals surface area contributed by atoms with Gasteiger partial charge in [-0.2, -0.15) is 0 Å². The molecular formula is C64H49N3. The molecule has 11 aromatic rings. The Morgan fingerprint density at radius 3 is 1.45 bits per heavy atom. The van der Waals surface area contributed by atoms with E-state index in [0.717, 1.165) is 50.8 Å². The van der Waals surface area contributed by atoms with Gasteiger partial charge in [0.15, 0.2) is 0 Å². The molecular weight excluding hydrogens is 811 g/mol. The van der Waals surface area contributed by atoms with Crippen molar-refractivity contribution in [2.24, 2.45) is 0 Å². The molecule has 320 valence electrons. The smallest absolute Gasteiger partial charge is 0.0583 e. The number of fused-ring (bicyclic) bond motifs is 10. The second-order valence-corrected chi connectivity index (χ2v) is 19.4. The molecule has 0 aliphatic heterocycles. The maximum atomic E-state index is 2.57. The number of aromatic nitrogens is 1. The highest BCUT2D eigenvalue weighted by molar-refractivity contribution is 6.18. The average Bonchev–Trinajstić information content (AvgIpc) is 3.91. The standard InChI is InChI=1S/C64H49N3/c1-63(2)55-28-16-13-25-50(55)52-35-33-47(38-57(52)63)66(48-34-36-53-51-26-14-17-29-56(51)64(3,4)58(53)39-48)60-40-49(65(44-21-7-5-8-22-44)45-23-9-6-10-24-45)41-61-62(60)54-27-15-18-30-59(54)67(61)46-32-31-42-19-11-12-20-43(42)37-46/h5-41H,1-4H3. The zero-order chi connectivity index (χ0) is 45.0. The van der Waals surface area contributed by atoms with Crippen molar-refractivity contribution in [1.82, 2.24) is 4.57 Å².